The first-order valence-electron chi connectivity index (χ1n) is 9.40. The quantitative estimate of drug-likeness (QED) is 0.544. The van der Waals surface area contributed by atoms with Gasteiger partial charge in [-0.15, -0.1) is 0 Å². The van der Waals surface area contributed by atoms with Gasteiger partial charge in [0, 0.05) is 6.42 Å². The number of carbonyl (C=O) groups is 1. The lowest BCUT2D eigenvalue weighted by Gasteiger charge is -2.15. The highest BCUT2D eigenvalue weighted by Gasteiger charge is 2.29. The molecule has 8 nitrogen and oxygen atoms in total. The molecule has 3 heterocycles. The number of aromatic nitrogens is 4. The molecule has 2 atom stereocenters. The van der Waals surface area contributed by atoms with Crippen LogP contribution in [0.15, 0.2) is 17.4 Å². The lowest BCUT2D eigenvalue weighted by atomic mass is 10.1. The van der Waals surface area contributed by atoms with E-state index in [9.17, 15) is 9.59 Å². The van der Waals surface area contributed by atoms with Crippen molar-refractivity contribution in [2.75, 3.05) is 6.61 Å². The first-order chi connectivity index (χ1) is 12.7. The van der Waals surface area contributed by atoms with Crippen molar-refractivity contribution in [2.45, 2.75) is 70.6 Å². The number of carbonyl (C=O) groups excluding carboxylic acids is 1. The molecule has 3 rings (SSSR count). The van der Waals surface area contributed by atoms with Crippen LogP contribution in [0.2, 0.25) is 0 Å². The molecular formula is C18H26N4O4. The van der Waals surface area contributed by atoms with Gasteiger partial charge in [0.1, 0.15) is 12.8 Å². The number of unbranched alkanes of at least 4 members (excludes halogenated alkanes) is 4. The zero-order valence-electron chi connectivity index (χ0n) is 15.1. The predicted molar refractivity (Wildman–Crippen MR) is 95.6 cm³/mol. The molecule has 0 aliphatic carbocycles. The largest absolute Gasteiger partial charge is 0.463 e. The van der Waals surface area contributed by atoms with Gasteiger partial charge in [-0.2, -0.15) is 0 Å². The molecule has 0 bridgehead atoms. The van der Waals surface area contributed by atoms with Crippen LogP contribution in [0.3, 0.4) is 0 Å². The third-order valence-corrected chi connectivity index (χ3v) is 4.68. The number of aromatic amines is 1. The van der Waals surface area contributed by atoms with E-state index >= 15 is 0 Å². The number of hydrogen-bond acceptors (Lipinski definition) is 6. The highest BCUT2D eigenvalue weighted by atomic mass is 16.6. The van der Waals surface area contributed by atoms with Crippen LogP contribution in [0.25, 0.3) is 11.2 Å². The van der Waals surface area contributed by atoms with Crippen molar-refractivity contribution in [1.82, 2.24) is 19.5 Å². The van der Waals surface area contributed by atoms with Crippen LogP contribution in [-0.4, -0.2) is 38.2 Å². The van der Waals surface area contributed by atoms with Crippen molar-refractivity contribution in [3.63, 3.8) is 0 Å². The van der Waals surface area contributed by atoms with Crippen LogP contribution in [0, 0.1) is 0 Å². The third-order valence-electron chi connectivity index (χ3n) is 4.68. The van der Waals surface area contributed by atoms with Crippen molar-refractivity contribution < 1.29 is 14.3 Å². The minimum atomic E-state index is -0.267. The van der Waals surface area contributed by atoms with E-state index < -0.39 is 0 Å². The van der Waals surface area contributed by atoms with Crippen molar-refractivity contribution in [3.8, 4) is 0 Å². The topological polar surface area (TPSA) is 99.1 Å². The van der Waals surface area contributed by atoms with Crippen molar-refractivity contribution in [2.24, 2.45) is 0 Å². The van der Waals surface area contributed by atoms with E-state index in [0.717, 1.165) is 25.7 Å². The van der Waals surface area contributed by atoms with Gasteiger partial charge in [0.2, 0.25) is 0 Å². The minimum Gasteiger partial charge on any atom is -0.463 e. The summed E-state index contributed by atoms with van der Waals surface area (Å²) in [4.78, 5) is 34.3. The number of esters is 1. The van der Waals surface area contributed by atoms with Gasteiger partial charge >= 0.3 is 5.97 Å². The van der Waals surface area contributed by atoms with Crippen LogP contribution in [0.4, 0.5) is 0 Å². The number of nitrogens with one attached hydrogen (secondary N) is 1. The average Bonchev–Trinajstić information content (AvgIpc) is 3.27. The molecule has 26 heavy (non-hydrogen) atoms. The molecule has 1 aliphatic rings. The smallest absolute Gasteiger partial charge is 0.305 e. The summed E-state index contributed by atoms with van der Waals surface area (Å²) >= 11 is 0. The van der Waals surface area contributed by atoms with Crippen LogP contribution >= 0.6 is 0 Å². The molecule has 0 radical (unpaired) electrons. The molecule has 2 unspecified atom stereocenters. The van der Waals surface area contributed by atoms with Gasteiger partial charge in [-0.05, 0) is 19.3 Å². The lowest BCUT2D eigenvalue weighted by Crippen LogP contribution is -2.19. The van der Waals surface area contributed by atoms with Gasteiger partial charge in [0.15, 0.2) is 11.2 Å². The zero-order chi connectivity index (χ0) is 18.4. The maximum absolute atomic E-state index is 11.8. The van der Waals surface area contributed by atoms with E-state index in [2.05, 4.69) is 21.9 Å². The Morgan fingerprint density at radius 1 is 1.31 bits per heavy atom. The molecule has 0 saturated carbocycles. The highest BCUT2D eigenvalue weighted by molar-refractivity contribution is 5.69. The van der Waals surface area contributed by atoms with Crippen LogP contribution in [0.1, 0.15) is 64.5 Å². The molecule has 142 valence electrons. The summed E-state index contributed by atoms with van der Waals surface area (Å²) in [5, 5.41) is 0. The van der Waals surface area contributed by atoms with E-state index in [4.69, 9.17) is 9.47 Å². The fourth-order valence-corrected chi connectivity index (χ4v) is 3.22. The second-order valence-electron chi connectivity index (χ2n) is 6.69. The van der Waals surface area contributed by atoms with Crippen LogP contribution in [-0.2, 0) is 14.3 Å². The average molecular weight is 362 g/mol. The second kappa shape index (κ2) is 8.93. The highest BCUT2D eigenvalue weighted by Crippen LogP contribution is 2.30. The van der Waals surface area contributed by atoms with E-state index in [1.165, 1.54) is 25.6 Å². The Bertz CT molecular complexity index is 785. The Kier molecular flexibility index (Phi) is 6.38. The summed E-state index contributed by atoms with van der Waals surface area (Å²) < 4.78 is 13.1. The Labute approximate surface area is 151 Å². The van der Waals surface area contributed by atoms with Gasteiger partial charge in [-0.25, -0.2) is 9.97 Å². The molecule has 1 saturated heterocycles. The van der Waals surface area contributed by atoms with E-state index in [1.54, 1.807) is 10.9 Å². The molecule has 1 N–H and O–H groups in total. The first-order valence-corrected chi connectivity index (χ1v) is 9.40. The zero-order valence-corrected chi connectivity index (χ0v) is 15.1. The molecule has 0 amide bonds. The summed E-state index contributed by atoms with van der Waals surface area (Å²) in [6.45, 7) is 2.44. The molecule has 1 aliphatic heterocycles. The van der Waals surface area contributed by atoms with Crippen molar-refractivity contribution in [3.05, 3.63) is 23.0 Å². The molecule has 2 aromatic heterocycles. The van der Waals surface area contributed by atoms with Gasteiger partial charge in [0.05, 0.1) is 18.8 Å². The number of rotatable bonds is 9. The Morgan fingerprint density at radius 3 is 3.00 bits per heavy atom. The van der Waals surface area contributed by atoms with Crippen LogP contribution in [0.5, 0.6) is 0 Å². The number of nitrogens with zero attached hydrogens (tertiary/aromatic N) is 3. The maximum atomic E-state index is 11.8. The summed E-state index contributed by atoms with van der Waals surface area (Å²) in [6, 6.07) is 0. The predicted octanol–water partition coefficient (Wildman–Crippen LogP) is 2.70. The number of fused-ring (bicyclic) bond motifs is 1. The summed E-state index contributed by atoms with van der Waals surface area (Å²) in [6.07, 6.45) is 10.1. The van der Waals surface area contributed by atoms with E-state index in [0.29, 0.717) is 17.6 Å². The van der Waals surface area contributed by atoms with Gasteiger partial charge in [-0.1, -0.05) is 32.6 Å². The second-order valence-corrected chi connectivity index (χ2v) is 6.69. The van der Waals surface area contributed by atoms with Gasteiger partial charge in [-0.3, -0.25) is 14.2 Å². The van der Waals surface area contributed by atoms with E-state index in [1.807, 2.05) is 0 Å². The third kappa shape index (κ3) is 4.49. The molecule has 1 fully saturated rings. The summed E-state index contributed by atoms with van der Waals surface area (Å²) in [5.41, 5.74) is 0.536. The van der Waals surface area contributed by atoms with Gasteiger partial charge < -0.3 is 14.5 Å². The molecule has 2 aromatic rings. The first kappa shape index (κ1) is 18.6. The fraction of sp³-hybridized carbons (Fsp3) is 0.667. The van der Waals surface area contributed by atoms with Gasteiger partial charge in [0.25, 0.3) is 5.56 Å². The monoisotopic (exact) mass is 362 g/mol. The molecule has 0 aromatic carbocycles. The minimum absolute atomic E-state index is 0.136. The van der Waals surface area contributed by atoms with Crippen molar-refractivity contribution in [1.29, 1.82) is 0 Å². The fourth-order valence-electron chi connectivity index (χ4n) is 3.22. The number of hydrogen-bond donors (Lipinski definition) is 1. The lowest BCUT2D eigenvalue weighted by molar-refractivity contribution is -0.148. The van der Waals surface area contributed by atoms with E-state index in [-0.39, 0.29) is 30.5 Å². The van der Waals surface area contributed by atoms with Crippen LogP contribution < -0.4 is 5.56 Å². The Morgan fingerprint density at radius 2 is 2.15 bits per heavy atom. The normalized spacial score (nSPS) is 19.9. The molecule has 0 spiro atoms. The Balaban J connectivity index is 1.44. The SMILES string of the molecule is CCCCCCCC(=O)OCC1CCC(n2cnc3c(=O)[nH]cnc32)O1. The molecule has 8 heteroatoms. The molecular weight excluding hydrogens is 336 g/mol. The number of H-pyrrole nitrogens is 1. The van der Waals surface area contributed by atoms with Crippen molar-refractivity contribution >= 4 is 17.1 Å². The summed E-state index contributed by atoms with van der Waals surface area (Å²) in [7, 11) is 0. The Hall–Kier alpha value is -2.22. The maximum Gasteiger partial charge on any atom is 0.305 e. The number of imidazole rings is 1. The number of ether oxygens (including phenoxy) is 2. The standard InChI is InChI=1S/C18H26N4O4/c1-2-3-4-5-6-7-15(23)25-10-13-8-9-14(26-13)22-12-21-16-17(22)19-11-20-18(16)24/h11-14H,2-10H2,1H3,(H,19,20,24). The summed E-state index contributed by atoms with van der Waals surface area (Å²) in [5.74, 6) is -0.158.